The zero-order valence-corrected chi connectivity index (χ0v) is 13.7. The van der Waals surface area contributed by atoms with Crippen molar-refractivity contribution in [2.75, 3.05) is 24.5 Å². The molecule has 0 unspecified atom stereocenters. The first-order chi connectivity index (χ1) is 11.7. The lowest BCUT2D eigenvalue weighted by Crippen LogP contribution is -2.36. The van der Waals surface area contributed by atoms with Crippen LogP contribution in [-0.4, -0.2) is 39.6 Å². The third-order valence-corrected chi connectivity index (χ3v) is 4.93. The van der Waals surface area contributed by atoms with Crippen LogP contribution in [0.3, 0.4) is 0 Å². The lowest BCUT2D eigenvalue weighted by Gasteiger charge is -2.28. The maximum atomic E-state index is 12.4. The second-order valence-electron chi connectivity index (χ2n) is 6.60. The van der Waals surface area contributed by atoms with Gasteiger partial charge in [0.1, 0.15) is 5.75 Å². The third kappa shape index (κ3) is 2.89. The lowest BCUT2D eigenvalue weighted by molar-refractivity contribution is 0.237. The predicted molar refractivity (Wildman–Crippen MR) is 92.2 cm³/mol. The summed E-state index contributed by atoms with van der Waals surface area (Å²) in [7, 11) is 0. The van der Waals surface area contributed by atoms with Gasteiger partial charge in [0.2, 0.25) is 5.95 Å². The summed E-state index contributed by atoms with van der Waals surface area (Å²) in [6.45, 7) is 4.04. The van der Waals surface area contributed by atoms with Crippen LogP contribution in [0.2, 0.25) is 0 Å². The number of aromatic hydroxyl groups is 1. The number of nitrogens with one attached hydrogen (secondary N) is 1. The number of hydrogen-bond acceptors (Lipinski definition) is 5. The first kappa shape index (κ1) is 15.2. The Hall–Kier alpha value is -2.34. The van der Waals surface area contributed by atoms with Gasteiger partial charge in [0.15, 0.2) is 0 Å². The van der Waals surface area contributed by atoms with E-state index in [-0.39, 0.29) is 5.56 Å². The van der Waals surface area contributed by atoms with Crippen molar-refractivity contribution in [3.05, 3.63) is 51.4 Å². The minimum absolute atomic E-state index is 0.00380. The fourth-order valence-electron chi connectivity index (χ4n) is 3.58. The molecule has 2 aliphatic heterocycles. The molecule has 126 valence electrons. The highest BCUT2D eigenvalue weighted by atomic mass is 16.3. The molecule has 0 bridgehead atoms. The van der Waals surface area contributed by atoms with Gasteiger partial charge in [-0.2, -0.15) is 0 Å². The Morgan fingerprint density at radius 2 is 1.96 bits per heavy atom. The van der Waals surface area contributed by atoms with Crippen molar-refractivity contribution < 1.29 is 5.11 Å². The van der Waals surface area contributed by atoms with Crippen LogP contribution in [0.4, 0.5) is 5.95 Å². The normalized spacial score (nSPS) is 17.9. The van der Waals surface area contributed by atoms with Crippen molar-refractivity contribution in [3.63, 3.8) is 0 Å². The molecule has 1 fully saturated rings. The summed E-state index contributed by atoms with van der Waals surface area (Å²) < 4.78 is 0. The Morgan fingerprint density at radius 1 is 1.17 bits per heavy atom. The van der Waals surface area contributed by atoms with Gasteiger partial charge in [-0.1, -0.05) is 18.2 Å². The molecule has 2 aliphatic rings. The standard InChI is InChI=1S/C18H22N4O2/c23-16-6-2-1-5-13(16)11-21-10-7-14-15(12-21)19-18(20-17(14)24)22-8-3-4-9-22/h1-2,5-6,23H,3-4,7-12H2,(H,19,20,24). The molecule has 1 saturated heterocycles. The molecule has 3 heterocycles. The molecule has 2 aromatic rings. The number of rotatable bonds is 3. The number of para-hydroxylation sites is 1. The molecule has 0 amide bonds. The first-order valence-corrected chi connectivity index (χ1v) is 8.57. The molecular formula is C18H22N4O2. The SMILES string of the molecule is O=c1[nH]c(N2CCCC2)nc2c1CCN(Cc1ccccc1O)C2. The van der Waals surface area contributed by atoms with Gasteiger partial charge >= 0.3 is 0 Å². The van der Waals surface area contributed by atoms with Crippen molar-refractivity contribution >= 4 is 5.95 Å². The van der Waals surface area contributed by atoms with E-state index in [9.17, 15) is 9.90 Å². The van der Waals surface area contributed by atoms with Crippen molar-refractivity contribution in [1.82, 2.24) is 14.9 Å². The fourth-order valence-corrected chi connectivity index (χ4v) is 3.58. The Morgan fingerprint density at radius 3 is 2.75 bits per heavy atom. The molecule has 0 spiro atoms. The van der Waals surface area contributed by atoms with E-state index in [1.165, 1.54) is 0 Å². The zero-order valence-electron chi connectivity index (χ0n) is 13.7. The smallest absolute Gasteiger partial charge is 0.255 e. The van der Waals surface area contributed by atoms with E-state index in [4.69, 9.17) is 4.98 Å². The summed E-state index contributed by atoms with van der Waals surface area (Å²) in [5.41, 5.74) is 2.60. The van der Waals surface area contributed by atoms with Crippen LogP contribution >= 0.6 is 0 Å². The van der Waals surface area contributed by atoms with Gasteiger partial charge < -0.3 is 10.0 Å². The van der Waals surface area contributed by atoms with Gasteiger partial charge in [-0.3, -0.25) is 14.7 Å². The number of aromatic nitrogens is 2. The van der Waals surface area contributed by atoms with Gasteiger partial charge in [-0.05, 0) is 25.3 Å². The number of phenols is 1. The second kappa shape index (κ2) is 6.28. The fraction of sp³-hybridized carbons (Fsp3) is 0.444. The van der Waals surface area contributed by atoms with E-state index in [2.05, 4.69) is 14.8 Å². The number of nitrogens with zero attached hydrogens (tertiary/aromatic N) is 3. The third-order valence-electron chi connectivity index (χ3n) is 4.93. The van der Waals surface area contributed by atoms with Crippen molar-refractivity contribution in [1.29, 1.82) is 0 Å². The number of benzene rings is 1. The molecular weight excluding hydrogens is 304 g/mol. The molecule has 0 saturated carbocycles. The average Bonchev–Trinajstić information content (AvgIpc) is 3.11. The lowest BCUT2D eigenvalue weighted by atomic mass is 10.1. The summed E-state index contributed by atoms with van der Waals surface area (Å²) in [6.07, 6.45) is 3.01. The summed E-state index contributed by atoms with van der Waals surface area (Å²) in [4.78, 5) is 24.5. The minimum atomic E-state index is 0.00380. The molecule has 4 rings (SSSR count). The van der Waals surface area contributed by atoms with Crippen molar-refractivity contribution in [2.24, 2.45) is 0 Å². The van der Waals surface area contributed by atoms with Crippen LogP contribution in [0.1, 0.15) is 29.7 Å². The van der Waals surface area contributed by atoms with Gasteiger partial charge in [0.25, 0.3) is 5.56 Å². The van der Waals surface area contributed by atoms with Gasteiger partial charge in [0.05, 0.1) is 5.69 Å². The largest absolute Gasteiger partial charge is 0.508 e. The molecule has 0 aliphatic carbocycles. The molecule has 2 N–H and O–H groups in total. The second-order valence-corrected chi connectivity index (χ2v) is 6.60. The molecule has 24 heavy (non-hydrogen) atoms. The van der Waals surface area contributed by atoms with Gasteiger partial charge in [0, 0.05) is 43.9 Å². The van der Waals surface area contributed by atoms with Crippen molar-refractivity contribution in [2.45, 2.75) is 32.4 Å². The number of H-pyrrole nitrogens is 1. The number of anilines is 1. The van der Waals surface area contributed by atoms with E-state index >= 15 is 0 Å². The van der Waals surface area contributed by atoms with Crippen LogP contribution in [0, 0.1) is 0 Å². The van der Waals surface area contributed by atoms with E-state index in [1.54, 1.807) is 6.07 Å². The number of fused-ring (bicyclic) bond motifs is 1. The molecule has 1 aromatic heterocycles. The molecule has 0 atom stereocenters. The van der Waals surface area contributed by atoms with E-state index in [0.29, 0.717) is 31.2 Å². The van der Waals surface area contributed by atoms with Crippen LogP contribution in [0.25, 0.3) is 0 Å². The summed E-state index contributed by atoms with van der Waals surface area (Å²) in [6, 6.07) is 7.41. The monoisotopic (exact) mass is 326 g/mol. The van der Waals surface area contributed by atoms with Crippen LogP contribution in [-0.2, 0) is 19.5 Å². The molecule has 6 heteroatoms. The van der Waals surface area contributed by atoms with Crippen LogP contribution in [0.5, 0.6) is 5.75 Å². The summed E-state index contributed by atoms with van der Waals surface area (Å²) in [5, 5.41) is 9.96. The Kier molecular flexibility index (Phi) is 3.98. The quantitative estimate of drug-likeness (QED) is 0.897. The van der Waals surface area contributed by atoms with Crippen molar-refractivity contribution in [3.8, 4) is 5.75 Å². The Labute approximate surface area is 140 Å². The topological polar surface area (TPSA) is 72.5 Å². The molecule has 1 aromatic carbocycles. The highest BCUT2D eigenvalue weighted by molar-refractivity contribution is 5.36. The maximum Gasteiger partial charge on any atom is 0.255 e. The zero-order chi connectivity index (χ0) is 16.5. The predicted octanol–water partition coefficient (Wildman–Crippen LogP) is 1.63. The van der Waals surface area contributed by atoms with Gasteiger partial charge in [-0.15, -0.1) is 0 Å². The summed E-state index contributed by atoms with van der Waals surface area (Å²) in [5.74, 6) is 1.03. The number of phenolic OH excluding ortho intramolecular Hbond substituents is 1. The highest BCUT2D eigenvalue weighted by Gasteiger charge is 2.23. The number of aromatic amines is 1. The maximum absolute atomic E-state index is 12.4. The van der Waals surface area contributed by atoms with E-state index in [1.807, 2.05) is 18.2 Å². The minimum Gasteiger partial charge on any atom is -0.508 e. The van der Waals surface area contributed by atoms with E-state index < -0.39 is 0 Å². The average molecular weight is 326 g/mol. The van der Waals surface area contributed by atoms with Gasteiger partial charge in [-0.25, -0.2) is 4.98 Å². The summed E-state index contributed by atoms with van der Waals surface area (Å²) >= 11 is 0. The highest BCUT2D eigenvalue weighted by Crippen LogP contribution is 2.23. The van der Waals surface area contributed by atoms with E-state index in [0.717, 1.165) is 49.3 Å². The van der Waals surface area contributed by atoms with Crippen LogP contribution < -0.4 is 10.5 Å². The Balaban J connectivity index is 1.57. The molecule has 0 radical (unpaired) electrons. The number of hydrogen-bond donors (Lipinski definition) is 2. The van der Waals surface area contributed by atoms with Crippen LogP contribution in [0.15, 0.2) is 29.1 Å². The first-order valence-electron chi connectivity index (χ1n) is 8.57. The Bertz CT molecular complexity index is 796. The molecule has 6 nitrogen and oxygen atoms in total.